The van der Waals surface area contributed by atoms with E-state index in [0.29, 0.717) is 25.2 Å². The number of nitrogens with zero attached hydrogens (tertiary/aromatic N) is 2. The lowest BCUT2D eigenvalue weighted by Gasteiger charge is -2.37. The first-order valence-corrected chi connectivity index (χ1v) is 9.05. The molecule has 0 amide bonds. The quantitative estimate of drug-likeness (QED) is 0.372. The van der Waals surface area contributed by atoms with Crippen LogP contribution in [0.5, 0.6) is 0 Å². The first-order chi connectivity index (χ1) is 11.1. The highest BCUT2D eigenvalue weighted by atomic mass is 127. The average Bonchev–Trinajstić information content (AvgIpc) is 2.41. The van der Waals surface area contributed by atoms with E-state index in [9.17, 15) is 21.6 Å². The second-order valence-corrected chi connectivity index (χ2v) is 7.71. The summed E-state index contributed by atoms with van der Waals surface area (Å²) >= 11 is 0. The third-order valence-electron chi connectivity index (χ3n) is 3.65. The summed E-state index contributed by atoms with van der Waals surface area (Å²) in [5.41, 5.74) is 5.36. The Morgan fingerprint density at radius 3 is 2.60 bits per heavy atom. The van der Waals surface area contributed by atoms with E-state index in [4.69, 9.17) is 5.73 Å². The molecular weight excluding hydrogens is 472 g/mol. The number of sulfonamides is 1. The van der Waals surface area contributed by atoms with Crippen LogP contribution in [0.4, 0.5) is 13.2 Å². The highest BCUT2D eigenvalue weighted by Gasteiger charge is 2.33. The van der Waals surface area contributed by atoms with E-state index in [0.717, 1.165) is 18.4 Å². The number of benzene rings is 1. The summed E-state index contributed by atoms with van der Waals surface area (Å²) in [4.78, 5) is 4.00. The fraction of sp³-hybridized carbons (Fsp3) is 0.500. The molecule has 1 fully saturated rings. The topological polar surface area (TPSA) is 87.8 Å². The van der Waals surface area contributed by atoms with E-state index in [1.807, 2.05) is 0 Å². The summed E-state index contributed by atoms with van der Waals surface area (Å²) in [7, 11) is -3.15. The highest BCUT2D eigenvalue weighted by molar-refractivity contribution is 14.0. The lowest BCUT2D eigenvalue weighted by molar-refractivity contribution is -0.137. The lowest BCUT2D eigenvalue weighted by atomic mass is 10.0. The van der Waals surface area contributed by atoms with Crippen molar-refractivity contribution in [1.29, 1.82) is 0 Å². The fourth-order valence-corrected chi connectivity index (χ4v) is 3.21. The molecule has 2 rings (SSSR count). The van der Waals surface area contributed by atoms with E-state index in [1.54, 1.807) is 6.07 Å². The van der Waals surface area contributed by atoms with Crippen molar-refractivity contribution in [1.82, 2.24) is 9.62 Å². The van der Waals surface area contributed by atoms with Crippen molar-refractivity contribution in [3.8, 4) is 0 Å². The standard InChI is InChI=1S/C14H19F3N4O2S.HI/c1-24(22,23)21-8-11(9-21)7-20-13(18)19-6-10-3-2-4-12(5-10)14(15,16)17;/h2-5,11H,6-9H2,1H3,(H3,18,19,20);1H. The largest absolute Gasteiger partial charge is 0.416 e. The summed E-state index contributed by atoms with van der Waals surface area (Å²) in [6.45, 7) is 1.34. The van der Waals surface area contributed by atoms with Gasteiger partial charge in [0, 0.05) is 25.6 Å². The molecule has 3 N–H and O–H groups in total. The maximum atomic E-state index is 12.6. The van der Waals surface area contributed by atoms with Crippen LogP contribution in [0.15, 0.2) is 29.3 Å². The number of rotatable bonds is 5. The number of guanidine groups is 1. The van der Waals surface area contributed by atoms with Crippen LogP contribution in [0.3, 0.4) is 0 Å². The molecule has 1 saturated heterocycles. The van der Waals surface area contributed by atoms with Crippen LogP contribution in [0.2, 0.25) is 0 Å². The van der Waals surface area contributed by atoms with Gasteiger partial charge in [-0.05, 0) is 17.7 Å². The molecule has 0 bridgehead atoms. The molecule has 6 nitrogen and oxygen atoms in total. The van der Waals surface area contributed by atoms with Crippen molar-refractivity contribution in [2.24, 2.45) is 16.6 Å². The first kappa shape index (κ1) is 22.0. The van der Waals surface area contributed by atoms with Crippen molar-refractivity contribution >= 4 is 40.0 Å². The summed E-state index contributed by atoms with van der Waals surface area (Å²) < 4.78 is 61.7. The Balaban J connectivity index is 0.00000312. The molecule has 0 aromatic heterocycles. The van der Waals surface area contributed by atoms with E-state index < -0.39 is 21.8 Å². The fourth-order valence-electron chi connectivity index (χ4n) is 2.25. The van der Waals surface area contributed by atoms with Gasteiger partial charge in [0.05, 0.1) is 18.4 Å². The Morgan fingerprint density at radius 1 is 1.40 bits per heavy atom. The maximum Gasteiger partial charge on any atom is 0.416 e. The molecule has 0 unspecified atom stereocenters. The first-order valence-electron chi connectivity index (χ1n) is 7.21. The Bertz CT molecular complexity index is 719. The Kier molecular flexibility index (Phi) is 7.50. The van der Waals surface area contributed by atoms with E-state index in [2.05, 4.69) is 10.3 Å². The van der Waals surface area contributed by atoms with Gasteiger partial charge in [-0.25, -0.2) is 17.7 Å². The monoisotopic (exact) mass is 492 g/mol. The zero-order valence-corrected chi connectivity index (χ0v) is 16.6. The molecule has 25 heavy (non-hydrogen) atoms. The van der Waals surface area contributed by atoms with Gasteiger partial charge in [0.2, 0.25) is 10.0 Å². The van der Waals surface area contributed by atoms with Crippen LogP contribution in [0, 0.1) is 5.92 Å². The van der Waals surface area contributed by atoms with Crippen LogP contribution in [0.1, 0.15) is 11.1 Å². The molecule has 1 aromatic carbocycles. The van der Waals surface area contributed by atoms with Gasteiger partial charge < -0.3 is 11.1 Å². The SMILES string of the molecule is CS(=O)(=O)N1CC(CNC(N)=NCc2cccc(C(F)(F)F)c2)C1.I. The number of halogens is 4. The molecule has 0 atom stereocenters. The summed E-state index contributed by atoms with van der Waals surface area (Å²) in [5, 5.41) is 2.86. The molecule has 1 aliphatic heterocycles. The van der Waals surface area contributed by atoms with E-state index in [1.165, 1.54) is 10.4 Å². The Labute approximate surface area is 161 Å². The second kappa shape index (κ2) is 8.54. The number of nitrogens with one attached hydrogen (secondary N) is 1. The Hall–Kier alpha value is -1.08. The molecule has 11 heteroatoms. The van der Waals surface area contributed by atoms with Crippen molar-refractivity contribution < 1.29 is 21.6 Å². The number of hydrogen-bond donors (Lipinski definition) is 2. The minimum atomic E-state index is -4.39. The minimum Gasteiger partial charge on any atom is -0.370 e. The number of hydrogen-bond acceptors (Lipinski definition) is 3. The van der Waals surface area contributed by atoms with Crippen molar-refractivity contribution in [2.75, 3.05) is 25.9 Å². The summed E-state index contributed by atoms with van der Waals surface area (Å²) in [6, 6.07) is 4.90. The third-order valence-corrected chi connectivity index (χ3v) is 4.89. The molecule has 0 aliphatic carbocycles. The normalized spacial score (nSPS) is 16.9. The zero-order valence-electron chi connectivity index (χ0n) is 13.5. The average molecular weight is 492 g/mol. The Morgan fingerprint density at radius 2 is 2.04 bits per heavy atom. The predicted octanol–water partition coefficient (Wildman–Crippen LogP) is 1.62. The number of nitrogens with two attached hydrogens (primary N) is 1. The van der Waals surface area contributed by atoms with Gasteiger partial charge in [-0.15, -0.1) is 24.0 Å². The van der Waals surface area contributed by atoms with Crippen LogP contribution in [-0.4, -0.2) is 44.6 Å². The van der Waals surface area contributed by atoms with Crippen molar-refractivity contribution in [3.63, 3.8) is 0 Å². The van der Waals surface area contributed by atoms with Crippen LogP contribution in [0.25, 0.3) is 0 Å². The highest BCUT2D eigenvalue weighted by Crippen LogP contribution is 2.29. The van der Waals surface area contributed by atoms with Crippen molar-refractivity contribution in [3.05, 3.63) is 35.4 Å². The molecule has 0 spiro atoms. The molecule has 1 aromatic rings. The van der Waals surface area contributed by atoms with Gasteiger partial charge in [0.15, 0.2) is 5.96 Å². The van der Waals surface area contributed by atoms with Crippen LogP contribution < -0.4 is 11.1 Å². The second-order valence-electron chi connectivity index (χ2n) is 5.73. The molecule has 0 saturated carbocycles. The van der Waals surface area contributed by atoms with Gasteiger partial charge >= 0.3 is 6.18 Å². The van der Waals surface area contributed by atoms with Gasteiger partial charge in [0.25, 0.3) is 0 Å². The van der Waals surface area contributed by atoms with Crippen molar-refractivity contribution in [2.45, 2.75) is 12.7 Å². The minimum absolute atomic E-state index is 0. The summed E-state index contributed by atoms with van der Waals surface area (Å²) in [6.07, 6.45) is -3.24. The van der Waals surface area contributed by atoms with Gasteiger partial charge in [-0.1, -0.05) is 12.1 Å². The van der Waals surface area contributed by atoms with E-state index >= 15 is 0 Å². The molecule has 0 radical (unpaired) electrons. The third kappa shape index (κ3) is 6.62. The molecule has 1 aliphatic rings. The van der Waals surface area contributed by atoms with Gasteiger partial charge in [-0.3, -0.25) is 0 Å². The predicted molar refractivity (Wildman–Crippen MR) is 100 cm³/mol. The van der Waals surface area contributed by atoms with Crippen LogP contribution in [-0.2, 0) is 22.7 Å². The van der Waals surface area contributed by atoms with Gasteiger partial charge in [0.1, 0.15) is 0 Å². The zero-order chi connectivity index (χ0) is 18.0. The summed E-state index contributed by atoms with van der Waals surface area (Å²) in [5.74, 6) is 0.257. The molecular formula is C14H20F3IN4O2S. The smallest absolute Gasteiger partial charge is 0.370 e. The number of aliphatic imine (C=N–C) groups is 1. The van der Waals surface area contributed by atoms with Gasteiger partial charge in [-0.2, -0.15) is 13.2 Å². The maximum absolute atomic E-state index is 12.6. The van der Waals surface area contributed by atoms with E-state index in [-0.39, 0.29) is 42.4 Å². The molecule has 1 heterocycles. The van der Waals surface area contributed by atoms with Crippen LogP contribution >= 0.6 is 24.0 Å². The molecule has 142 valence electrons. The lowest BCUT2D eigenvalue weighted by Crippen LogP contribution is -2.53. The number of alkyl halides is 3.